The summed E-state index contributed by atoms with van der Waals surface area (Å²) < 4.78 is 0. The Morgan fingerprint density at radius 1 is 1.64 bits per heavy atom. The molecule has 1 aromatic heterocycles. The number of hydrogen-bond acceptors (Lipinski definition) is 3. The average Bonchev–Trinajstić information content (AvgIpc) is 2.52. The van der Waals surface area contributed by atoms with Gasteiger partial charge in [-0.3, -0.25) is 9.59 Å². The van der Waals surface area contributed by atoms with Crippen molar-refractivity contribution in [3.8, 4) is 0 Å². The lowest BCUT2D eigenvalue weighted by molar-refractivity contribution is -0.137. The minimum absolute atomic E-state index is 0.0870. The Kier molecular flexibility index (Phi) is 3.64. The van der Waals surface area contributed by atoms with Gasteiger partial charge in [0.15, 0.2) is 0 Å². The van der Waals surface area contributed by atoms with Crippen LogP contribution in [-0.2, 0) is 9.59 Å². The summed E-state index contributed by atoms with van der Waals surface area (Å²) in [4.78, 5) is 21.4. The molecule has 0 saturated carbocycles. The van der Waals surface area contributed by atoms with Crippen molar-refractivity contribution in [1.82, 2.24) is 5.32 Å². The van der Waals surface area contributed by atoms with Gasteiger partial charge in [-0.15, -0.1) is 0 Å². The van der Waals surface area contributed by atoms with Gasteiger partial charge in [0.25, 0.3) is 0 Å². The van der Waals surface area contributed by atoms with Crippen molar-refractivity contribution in [1.29, 1.82) is 0 Å². The molecule has 0 aliphatic heterocycles. The van der Waals surface area contributed by atoms with Crippen LogP contribution in [-0.4, -0.2) is 17.0 Å². The molecule has 5 heteroatoms. The number of amides is 1. The van der Waals surface area contributed by atoms with Gasteiger partial charge < -0.3 is 10.4 Å². The van der Waals surface area contributed by atoms with Gasteiger partial charge in [0.1, 0.15) is 0 Å². The molecular formula is C9H11NO3S. The van der Waals surface area contributed by atoms with Crippen LogP contribution in [0, 0.1) is 0 Å². The summed E-state index contributed by atoms with van der Waals surface area (Å²) in [7, 11) is 0. The lowest BCUT2D eigenvalue weighted by Crippen LogP contribution is -2.27. The van der Waals surface area contributed by atoms with E-state index in [2.05, 4.69) is 5.32 Å². The highest BCUT2D eigenvalue weighted by Gasteiger charge is 2.16. The molecule has 0 unspecified atom stereocenters. The number of aliphatic carboxylic acids is 1. The summed E-state index contributed by atoms with van der Waals surface area (Å²) >= 11 is 1.48. The van der Waals surface area contributed by atoms with E-state index in [4.69, 9.17) is 5.11 Å². The monoisotopic (exact) mass is 213 g/mol. The Morgan fingerprint density at radius 2 is 2.36 bits per heavy atom. The molecule has 0 spiro atoms. The quantitative estimate of drug-likeness (QED) is 0.794. The molecule has 14 heavy (non-hydrogen) atoms. The van der Waals surface area contributed by atoms with Gasteiger partial charge >= 0.3 is 5.97 Å². The summed E-state index contributed by atoms with van der Waals surface area (Å²) in [6.45, 7) is 1.38. The number of nitrogens with one attached hydrogen (secondary N) is 1. The molecule has 0 bridgehead atoms. The number of carbonyl (C=O) groups is 2. The van der Waals surface area contributed by atoms with Gasteiger partial charge in [-0.05, 0) is 22.4 Å². The van der Waals surface area contributed by atoms with Crippen molar-refractivity contribution >= 4 is 23.2 Å². The van der Waals surface area contributed by atoms with Gasteiger partial charge in [-0.2, -0.15) is 11.3 Å². The lowest BCUT2D eigenvalue weighted by Gasteiger charge is -2.13. The van der Waals surface area contributed by atoms with Crippen LogP contribution in [0.25, 0.3) is 0 Å². The molecule has 0 radical (unpaired) electrons. The Balaban J connectivity index is 2.71. The van der Waals surface area contributed by atoms with Crippen molar-refractivity contribution in [2.24, 2.45) is 0 Å². The average molecular weight is 213 g/mol. The van der Waals surface area contributed by atoms with Crippen LogP contribution in [0.5, 0.6) is 0 Å². The van der Waals surface area contributed by atoms with E-state index < -0.39 is 12.0 Å². The van der Waals surface area contributed by atoms with E-state index in [1.54, 1.807) is 0 Å². The molecule has 1 amide bonds. The second-order valence-corrected chi connectivity index (χ2v) is 3.69. The van der Waals surface area contributed by atoms with E-state index >= 15 is 0 Å². The first kappa shape index (κ1) is 10.7. The van der Waals surface area contributed by atoms with E-state index in [9.17, 15) is 9.59 Å². The second-order valence-electron chi connectivity index (χ2n) is 2.91. The first-order valence-electron chi connectivity index (χ1n) is 4.10. The maximum atomic E-state index is 10.8. The molecule has 0 aliphatic rings. The van der Waals surface area contributed by atoms with Crippen LogP contribution in [0.4, 0.5) is 0 Å². The van der Waals surface area contributed by atoms with Crippen LogP contribution in [0.2, 0.25) is 0 Å². The molecule has 0 fully saturated rings. The number of carboxylic acids is 1. The van der Waals surface area contributed by atoms with Crippen molar-refractivity contribution in [2.75, 3.05) is 0 Å². The van der Waals surface area contributed by atoms with Crippen molar-refractivity contribution < 1.29 is 14.7 Å². The highest BCUT2D eigenvalue weighted by Crippen LogP contribution is 2.19. The maximum absolute atomic E-state index is 10.8. The summed E-state index contributed by atoms with van der Waals surface area (Å²) in [6, 6.07) is 1.39. The van der Waals surface area contributed by atoms with Gasteiger partial charge in [0.05, 0.1) is 12.5 Å². The van der Waals surface area contributed by atoms with Crippen LogP contribution < -0.4 is 5.32 Å². The maximum Gasteiger partial charge on any atom is 0.305 e. The van der Waals surface area contributed by atoms with E-state index in [0.29, 0.717) is 0 Å². The standard InChI is InChI=1S/C9H11NO3S/c1-6(11)10-8(4-9(12)13)7-2-3-14-5-7/h2-3,5,8H,4H2,1H3,(H,10,11)(H,12,13)/t8-/m0/s1. The zero-order chi connectivity index (χ0) is 10.6. The third kappa shape index (κ3) is 3.18. The molecular weight excluding hydrogens is 202 g/mol. The first-order valence-corrected chi connectivity index (χ1v) is 5.05. The Bertz CT molecular complexity index is 305. The fourth-order valence-electron chi connectivity index (χ4n) is 1.15. The third-order valence-corrected chi connectivity index (χ3v) is 2.40. The van der Waals surface area contributed by atoms with Crippen LogP contribution in [0.3, 0.4) is 0 Å². The van der Waals surface area contributed by atoms with E-state index in [-0.39, 0.29) is 12.3 Å². The molecule has 1 heterocycles. The fourth-order valence-corrected chi connectivity index (χ4v) is 1.86. The van der Waals surface area contributed by atoms with E-state index in [1.165, 1.54) is 18.3 Å². The third-order valence-electron chi connectivity index (χ3n) is 1.70. The predicted molar refractivity (Wildman–Crippen MR) is 53.1 cm³/mol. The topological polar surface area (TPSA) is 66.4 Å². The van der Waals surface area contributed by atoms with Gasteiger partial charge in [0.2, 0.25) is 5.91 Å². The fraction of sp³-hybridized carbons (Fsp3) is 0.333. The molecule has 1 atom stereocenters. The van der Waals surface area contributed by atoms with Gasteiger partial charge in [0, 0.05) is 6.92 Å². The highest BCUT2D eigenvalue weighted by atomic mass is 32.1. The minimum atomic E-state index is -0.921. The second kappa shape index (κ2) is 4.76. The number of rotatable bonds is 4. The van der Waals surface area contributed by atoms with Crippen LogP contribution in [0.15, 0.2) is 16.8 Å². The molecule has 1 rings (SSSR count). The van der Waals surface area contributed by atoms with Crippen molar-refractivity contribution in [3.63, 3.8) is 0 Å². The smallest absolute Gasteiger partial charge is 0.305 e. The number of hydrogen-bond donors (Lipinski definition) is 2. The Labute approximate surface area is 85.6 Å². The highest BCUT2D eigenvalue weighted by molar-refractivity contribution is 7.07. The molecule has 0 aliphatic carbocycles. The number of thiophene rings is 1. The van der Waals surface area contributed by atoms with E-state index in [0.717, 1.165) is 5.56 Å². The molecule has 76 valence electrons. The van der Waals surface area contributed by atoms with Gasteiger partial charge in [-0.25, -0.2) is 0 Å². The van der Waals surface area contributed by atoms with E-state index in [1.807, 2.05) is 16.8 Å². The van der Waals surface area contributed by atoms with Crippen LogP contribution >= 0.6 is 11.3 Å². The predicted octanol–water partition coefficient (Wildman–Crippen LogP) is 1.40. The molecule has 2 N–H and O–H groups in total. The lowest BCUT2D eigenvalue weighted by atomic mass is 10.1. The zero-order valence-corrected chi connectivity index (χ0v) is 8.50. The van der Waals surface area contributed by atoms with Gasteiger partial charge in [-0.1, -0.05) is 0 Å². The Hall–Kier alpha value is -1.36. The molecule has 1 aromatic rings. The van der Waals surface area contributed by atoms with Crippen molar-refractivity contribution in [3.05, 3.63) is 22.4 Å². The summed E-state index contributed by atoms with van der Waals surface area (Å²) in [5.74, 6) is -1.14. The minimum Gasteiger partial charge on any atom is -0.481 e. The molecule has 0 aromatic carbocycles. The normalized spacial score (nSPS) is 12.1. The zero-order valence-electron chi connectivity index (χ0n) is 7.69. The number of carbonyl (C=O) groups excluding carboxylic acids is 1. The SMILES string of the molecule is CC(=O)N[C@@H](CC(=O)O)c1ccsc1. The summed E-state index contributed by atoms with van der Waals surface area (Å²) in [5.41, 5.74) is 0.840. The first-order chi connectivity index (χ1) is 6.59. The summed E-state index contributed by atoms with van der Waals surface area (Å²) in [5, 5.41) is 14.9. The van der Waals surface area contributed by atoms with Crippen molar-refractivity contribution in [2.45, 2.75) is 19.4 Å². The molecule has 0 saturated heterocycles. The number of carboxylic acid groups (broad SMARTS) is 1. The summed E-state index contributed by atoms with van der Waals surface area (Å²) in [6.07, 6.45) is -0.0870. The Morgan fingerprint density at radius 3 is 2.79 bits per heavy atom. The van der Waals surface area contributed by atoms with Crippen LogP contribution in [0.1, 0.15) is 24.9 Å². The molecule has 4 nitrogen and oxygen atoms in total. The largest absolute Gasteiger partial charge is 0.481 e.